The van der Waals surface area contributed by atoms with Crippen LogP contribution in [0.5, 0.6) is 11.5 Å². The van der Waals surface area contributed by atoms with Crippen molar-refractivity contribution < 1.29 is 4.74 Å². The number of hydrogen-bond acceptors (Lipinski definition) is 2. The van der Waals surface area contributed by atoms with Crippen LogP contribution in [0.4, 0.5) is 17.1 Å². The third-order valence-electron chi connectivity index (χ3n) is 10.3. The van der Waals surface area contributed by atoms with Gasteiger partial charge in [0, 0.05) is 33.8 Å². The van der Waals surface area contributed by atoms with Crippen molar-refractivity contribution in [3.63, 3.8) is 0 Å². The van der Waals surface area contributed by atoms with Crippen LogP contribution in [0.15, 0.2) is 194 Å². The molecule has 10 rings (SSSR count). The van der Waals surface area contributed by atoms with Crippen molar-refractivity contribution in [2.24, 2.45) is 0 Å². The molecule has 0 saturated carbocycles. The van der Waals surface area contributed by atoms with Gasteiger partial charge in [0.2, 0.25) is 6.71 Å². The van der Waals surface area contributed by atoms with Crippen molar-refractivity contribution in [3.05, 3.63) is 194 Å². The van der Waals surface area contributed by atoms with Crippen molar-refractivity contribution in [1.29, 1.82) is 0 Å². The first-order valence-electron chi connectivity index (χ1n) is 17.6. The van der Waals surface area contributed by atoms with Gasteiger partial charge < -0.3 is 9.64 Å². The summed E-state index contributed by atoms with van der Waals surface area (Å²) in [6.45, 7) is 0.0941. The largest absolute Gasteiger partial charge is 0.456 e. The maximum atomic E-state index is 6.89. The van der Waals surface area contributed by atoms with Crippen LogP contribution in [0.25, 0.3) is 43.4 Å². The molecule has 0 fully saturated rings. The Morgan fingerprint density at radius 2 is 1.00 bits per heavy atom. The van der Waals surface area contributed by atoms with E-state index in [0.717, 1.165) is 39.5 Å². The molecule has 0 aromatic heterocycles. The van der Waals surface area contributed by atoms with Crippen LogP contribution < -0.4 is 26.0 Å². The number of fused-ring (bicyclic) bond motifs is 5. The lowest BCUT2D eigenvalue weighted by atomic mass is 9.36. The third kappa shape index (κ3) is 4.89. The van der Waals surface area contributed by atoms with E-state index in [4.69, 9.17) is 4.74 Å². The first-order valence-corrected chi connectivity index (χ1v) is 17.6. The van der Waals surface area contributed by atoms with Gasteiger partial charge in [-0.2, -0.15) is 0 Å². The van der Waals surface area contributed by atoms with Gasteiger partial charge in [-0.3, -0.25) is 0 Å². The van der Waals surface area contributed by atoms with Gasteiger partial charge in [0.15, 0.2) is 0 Å². The van der Waals surface area contributed by atoms with Gasteiger partial charge in [0.25, 0.3) is 0 Å². The summed E-state index contributed by atoms with van der Waals surface area (Å²) < 4.78 is 6.89. The zero-order valence-electron chi connectivity index (χ0n) is 27.9. The predicted octanol–water partition coefficient (Wildman–Crippen LogP) is 10.9. The highest BCUT2D eigenvalue weighted by atomic mass is 16.5. The zero-order valence-corrected chi connectivity index (χ0v) is 27.9. The molecule has 0 amide bonds. The summed E-state index contributed by atoms with van der Waals surface area (Å²) >= 11 is 0. The van der Waals surface area contributed by atoms with Crippen LogP contribution >= 0.6 is 0 Å². The van der Waals surface area contributed by atoms with E-state index >= 15 is 0 Å². The van der Waals surface area contributed by atoms with Gasteiger partial charge in [-0.15, -0.1) is 0 Å². The van der Waals surface area contributed by atoms with Crippen molar-refractivity contribution in [3.8, 4) is 22.6 Å². The highest BCUT2D eigenvalue weighted by molar-refractivity contribution is 6.96. The number of ether oxygens (including phenoxy) is 1. The monoisotopic (exact) mass is 649 g/mol. The lowest BCUT2D eigenvalue weighted by Crippen LogP contribution is -2.52. The normalized spacial score (nSPS) is 11.7. The Balaban J connectivity index is 1.15. The molecule has 0 spiro atoms. The van der Waals surface area contributed by atoms with E-state index in [2.05, 4.69) is 199 Å². The predicted molar refractivity (Wildman–Crippen MR) is 217 cm³/mol. The Hall–Kier alpha value is -6.58. The molecule has 0 atom stereocenters. The van der Waals surface area contributed by atoms with E-state index in [1.165, 1.54) is 48.9 Å². The van der Waals surface area contributed by atoms with Crippen LogP contribution in [0.3, 0.4) is 0 Å². The second-order valence-corrected chi connectivity index (χ2v) is 13.3. The fraction of sp³-hybridized carbons (Fsp3) is 0. The van der Waals surface area contributed by atoms with Gasteiger partial charge in [-0.1, -0.05) is 168 Å². The molecule has 3 heteroatoms. The lowest BCUT2D eigenvalue weighted by molar-refractivity contribution is 0.487. The minimum atomic E-state index is 0.0941. The summed E-state index contributed by atoms with van der Waals surface area (Å²) in [4.78, 5) is 2.36. The molecule has 9 aromatic carbocycles. The molecule has 0 unspecified atom stereocenters. The fourth-order valence-corrected chi connectivity index (χ4v) is 8.10. The molecule has 0 bridgehead atoms. The molecule has 2 nitrogen and oxygen atoms in total. The minimum Gasteiger partial charge on any atom is -0.456 e. The Bertz CT molecular complexity index is 2690. The van der Waals surface area contributed by atoms with Crippen molar-refractivity contribution >= 4 is 72.5 Å². The fourth-order valence-electron chi connectivity index (χ4n) is 8.10. The van der Waals surface area contributed by atoms with E-state index in [9.17, 15) is 0 Å². The van der Waals surface area contributed by atoms with Gasteiger partial charge in [-0.05, 0) is 63.5 Å². The molecule has 9 aromatic rings. The molecule has 0 N–H and O–H groups in total. The summed E-state index contributed by atoms with van der Waals surface area (Å²) in [6.07, 6.45) is 0. The molecule has 0 aliphatic carbocycles. The first-order chi connectivity index (χ1) is 25.3. The van der Waals surface area contributed by atoms with Crippen LogP contribution in [-0.2, 0) is 0 Å². The van der Waals surface area contributed by atoms with E-state index in [1.807, 2.05) is 0 Å². The van der Waals surface area contributed by atoms with Crippen LogP contribution in [0.2, 0.25) is 0 Å². The average Bonchev–Trinajstić information content (AvgIpc) is 3.20. The molecule has 1 heterocycles. The standard InChI is InChI=1S/C48H32BNO/c1-4-16-34(17-5-1)49(35-18-6-2-7-19-35)44-30-29-42-41-28-27-37(32-47(41)51-46-26-14-25-43(44)48(42)46)50(36-20-8-3-9-21-36)45-31-33-15-10-11-22-38(33)39-23-12-13-24-40(39)45/h1-32H. The van der Waals surface area contributed by atoms with Gasteiger partial charge in [0.1, 0.15) is 11.5 Å². The molecular formula is C48H32BNO. The summed E-state index contributed by atoms with van der Waals surface area (Å²) in [5, 5.41) is 7.28. The smallest absolute Gasteiger partial charge is 0.241 e. The second kappa shape index (κ2) is 12.1. The molecular weight excluding hydrogens is 617 g/mol. The maximum Gasteiger partial charge on any atom is 0.241 e. The second-order valence-electron chi connectivity index (χ2n) is 13.3. The topological polar surface area (TPSA) is 12.5 Å². The number of hydrogen-bond donors (Lipinski definition) is 0. The van der Waals surface area contributed by atoms with E-state index < -0.39 is 0 Å². The Morgan fingerprint density at radius 1 is 0.392 bits per heavy atom. The maximum absolute atomic E-state index is 6.89. The number of para-hydroxylation sites is 1. The molecule has 1 aliphatic heterocycles. The summed E-state index contributed by atoms with van der Waals surface area (Å²) in [5.74, 6) is 1.74. The van der Waals surface area contributed by atoms with E-state index in [1.54, 1.807) is 0 Å². The van der Waals surface area contributed by atoms with Crippen LogP contribution in [-0.4, -0.2) is 6.71 Å². The van der Waals surface area contributed by atoms with Crippen molar-refractivity contribution in [2.75, 3.05) is 4.90 Å². The quantitative estimate of drug-likeness (QED) is 0.131. The van der Waals surface area contributed by atoms with E-state index in [0.29, 0.717) is 0 Å². The Kier molecular flexibility index (Phi) is 6.95. The highest BCUT2D eigenvalue weighted by Gasteiger charge is 2.28. The van der Waals surface area contributed by atoms with Crippen LogP contribution in [0.1, 0.15) is 0 Å². The molecule has 238 valence electrons. The van der Waals surface area contributed by atoms with Gasteiger partial charge >= 0.3 is 0 Å². The Labute approximate surface area is 297 Å². The summed E-state index contributed by atoms with van der Waals surface area (Å²) in [6, 6.07) is 69.8. The number of anilines is 3. The molecule has 0 saturated heterocycles. The lowest BCUT2D eigenvalue weighted by Gasteiger charge is -2.29. The third-order valence-corrected chi connectivity index (χ3v) is 10.3. The van der Waals surface area contributed by atoms with Crippen molar-refractivity contribution in [2.45, 2.75) is 0 Å². The average molecular weight is 650 g/mol. The summed E-state index contributed by atoms with van der Waals surface area (Å²) in [5.41, 5.74) is 9.37. The van der Waals surface area contributed by atoms with Gasteiger partial charge in [-0.25, -0.2) is 0 Å². The molecule has 1 aliphatic rings. The van der Waals surface area contributed by atoms with Crippen molar-refractivity contribution in [1.82, 2.24) is 0 Å². The summed E-state index contributed by atoms with van der Waals surface area (Å²) in [7, 11) is 0. The Morgan fingerprint density at radius 3 is 1.75 bits per heavy atom. The molecule has 51 heavy (non-hydrogen) atoms. The zero-order chi connectivity index (χ0) is 33.7. The molecule has 0 radical (unpaired) electrons. The first kappa shape index (κ1) is 29.4. The number of nitrogens with zero attached hydrogens (tertiary/aromatic N) is 1. The van der Waals surface area contributed by atoms with E-state index in [-0.39, 0.29) is 6.71 Å². The number of rotatable bonds is 6. The minimum absolute atomic E-state index is 0.0941. The van der Waals surface area contributed by atoms with Gasteiger partial charge in [0.05, 0.1) is 5.69 Å². The number of benzene rings is 9. The van der Waals surface area contributed by atoms with Crippen LogP contribution in [0, 0.1) is 0 Å². The SMILES string of the molecule is c1ccc(B(c2ccccc2)c2ccc3c4c(cccc24)Oc2cc(N(c4ccccc4)c4cc5ccccc5c5ccccc45)ccc2-3)cc1. The highest BCUT2D eigenvalue weighted by Crippen LogP contribution is 2.49.